The van der Waals surface area contributed by atoms with Gasteiger partial charge in [0.1, 0.15) is 11.9 Å². The number of halogens is 4. The molecule has 1 aliphatic carbocycles. The summed E-state index contributed by atoms with van der Waals surface area (Å²) in [5, 5.41) is 0. The van der Waals surface area contributed by atoms with Gasteiger partial charge in [0.25, 0.3) is 5.91 Å². The molecule has 4 N–H and O–H groups in total. The minimum absolute atomic E-state index is 0.0186. The first kappa shape index (κ1) is 25.7. The summed E-state index contributed by atoms with van der Waals surface area (Å²) in [6.45, 7) is 2.49. The molecule has 0 aromatic heterocycles. The molecule has 0 unspecified atom stereocenters. The standard InChI is InChI=1S/C21H29F4N3O4S/c1-13(19(26)20(29)28-11-10-15(22)12-28)14-2-4-16(5-3-14)27-33(30,31)18-8-6-17(7-9-18)32-21(23,24)25/h6-9,13-16,19,27H,2-5,10-12,26H2,1H3/p+1/t13-,14?,15-,16?,19-/m0/s1. The molecular weight excluding hydrogens is 466 g/mol. The number of quaternary nitrogens is 1. The van der Waals surface area contributed by atoms with Crippen molar-refractivity contribution >= 4 is 15.9 Å². The van der Waals surface area contributed by atoms with E-state index in [4.69, 9.17) is 0 Å². The van der Waals surface area contributed by atoms with Gasteiger partial charge in [0.05, 0.1) is 11.4 Å². The molecular formula is C21H30F4N3O4S+. The Morgan fingerprint density at radius 1 is 1.15 bits per heavy atom. The van der Waals surface area contributed by atoms with E-state index in [1.54, 1.807) is 0 Å². The summed E-state index contributed by atoms with van der Waals surface area (Å²) in [4.78, 5) is 14.0. The average molecular weight is 497 g/mol. The topological polar surface area (TPSA) is 103 Å². The Morgan fingerprint density at radius 3 is 2.27 bits per heavy atom. The number of carbonyl (C=O) groups excluding carboxylic acids is 1. The minimum atomic E-state index is -4.85. The Balaban J connectivity index is 1.51. The van der Waals surface area contributed by atoms with Crippen molar-refractivity contribution < 1.29 is 41.2 Å². The summed E-state index contributed by atoms with van der Waals surface area (Å²) in [5.41, 5.74) is 4.02. The number of rotatable bonds is 7. The monoisotopic (exact) mass is 496 g/mol. The van der Waals surface area contributed by atoms with Gasteiger partial charge in [-0.05, 0) is 62.3 Å². The van der Waals surface area contributed by atoms with Gasteiger partial charge in [-0.3, -0.25) is 4.79 Å². The van der Waals surface area contributed by atoms with E-state index in [9.17, 15) is 30.8 Å². The molecule has 1 aromatic rings. The molecule has 1 aromatic carbocycles. The van der Waals surface area contributed by atoms with Crippen molar-refractivity contribution in [1.29, 1.82) is 0 Å². The van der Waals surface area contributed by atoms with Gasteiger partial charge in [-0.2, -0.15) is 0 Å². The van der Waals surface area contributed by atoms with E-state index in [0.717, 1.165) is 24.3 Å². The fourth-order valence-electron chi connectivity index (χ4n) is 4.58. The van der Waals surface area contributed by atoms with Gasteiger partial charge in [0.15, 0.2) is 6.04 Å². The largest absolute Gasteiger partial charge is 0.573 e. The number of likely N-dealkylation sites (tertiary alicyclic amines) is 1. The van der Waals surface area contributed by atoms with E-state index in [2.05, 4.69) is 15.2 Å². The predicted molar refractivity (Wildman–Crippen MR) is 111 cm³/mol. The highest BCUT2D eigenvalue weighted by molar-refractivity contribution is 7.89. The van der Waals surface area contributed by atoms with Crippen LogP contribution in [-0.4, -0.2) is 56.9 Å². The van der Waals surface area contributed by atoms with Crippen molar-refractivity contribution in [1.82, 2.24) is 9.62 Å². The molecule has 2 aliphatic rings. The van der Waals surface area contributed by atoms with Crippen LogP contribution in [-0.2, 0) is 14.8 Å². The lowest BCUT2D eigenvalue weighted by atomic mass is 9.76. The van der Waals surface area contributed by atoms with Crippen LogP contribution in [0.15, 0.2) is 29.2 Å². The highest BCUT2D eigenvalue weighted by Crippen LogP contribution is 2.33. The van der Waals surface area contributed by atoms with Crippen molar-refractivity contribution in [2.24, 2.45) is 11.8 Å². The molecule has 3 atom stereocenters. The molecule has 186 valence electrons. The third-order valence-electron chi connectivity index (χ3n) is 6.60. The number of amides is 1. The fraction of sp³-hybridized carbons (Fsp3) is 0.667. The number of alkyl halides is 4. The third kappa shape index (κ3) is 6.80. The molecule has 3 rings (SSSR count). The normalized spacial score (nSPS) is 26.1. The first-order valence-electron chi connectivity index (χ1n) is 11.0. The number of carbonyl (C=O) groups is 1. The Morgan fingerprint density at radius 2 is 1.76 bits per heavy atom. The quantitative estimate of drug-likeness (QED) is 0.565. The molecule has 7 nitrogen and oxygen atoms in total. The number of hydrogen-bond donors (Lipinski definition) is 2. The maximum atomic E-state index is 13.4. The third-order valence-corrected chi connectivity index (χ3v) is 8.14. The smallest absolute Gasteiger partial charge is 0.406 e. The van der Waals surface area contributed by atoms with Gasteiger partial charge < -0.3 is 15.4 Å². The zero-order valence-electron chi connectivity index (χ0n) is 18.4. The number of benzene rings is 1. The van der Waals surface area contributed by atoms with Gasteiger partial charge in [-0.15, -0.1) is 13.2 Å². The first-order chi connectivity index (χ1) is 15.4. The van der Waals surface area contributed by atoms with Crippen molar-refractivity contribution in [2.75, 3.05) is 13.1 Å². The first-order valence-corrected chi connectivity index (χ1v) is 12.5. The predicted octanol–water partition coefficient (Wildman–Crippen LogP) is 2.24. The van der Waals surface area contributed by atoms with Crippen molar-refractivity contribution in [2.45, 2.75) is 68.5 Å². The Kier molecular flexibility index (Phi) is 7.90. The molecule has 1 amide bonds. The van der Waals surface area contributed by atoms with Crippen LogP contribution in [0.3, 0.4) is 0 Å². The molecule has 0 spiro atoms. The summed E-state index contributed by atoms with van der Waals surface area (Å²) in [6, 6.07) is 3.25. The highest BCUT2D eigenvalue weighted by atomic mass is 32.2. The minimum Gasteiger partial charge on any atom is -0.406 e. The lowest BCUT2D eigenvalue weighted by Crippen LogP contribution is -2.71. The van der Waals surface area contributed by atoms with E-state index in [1.807, 2.05) is 6.92 Å². The SMILES string of the molecule is C[C@@H](C1CCC(NS(=O)(=O)c2ccc(OC(F)(F)F)cc2)CC1)[C@H]([NH3+])C(=O)N1CC[C@H](F)C1. The van der Waals surface area contributed by atoms with Crippen molar-refractivity contribution in [3.8, 4) is 5.75 Å². The summed E-state index contributed by atoms with van der Waals surface area (Å²) in [7, 11) is -3.90. The average Bonchev–Trinajstić information content (AvgIpc) is 3.18. The molecule has 2 fully saturated rings. The molecule has 12 heteroatoms. The van der Waals surface area contributed by atoms with E-state index < -0.39 is 34.3 Å². The Labute approximate surface area is 190 Å². The van der Waals surface area contributed by atoms with Gasteiger partial charge in [0, 0.05) is 18.5 Å². The lowest BCUT2D eigenvalue weighted by Gasteiger charge is -2.34. The molecule has 1 aliphatic heterocycles. The van der Waals surface area contributed by atoms with Crippen LogP contribution in [0.5, 0.6) is 5.75 Å². The second kappa shape index (κ2) is 10.1. The van der Waals surface area contributed by atoms with Crippen LogP contribution < -0.4 is 15.2 Å². The summed E-state index contributed by atoms with van der Waals surface area (Å²) >= 11 is 0. The molecule has 1 saturated carbocycles. The summed E-state index contributed by atoms with van der Waals surface area (Å²) in [6.07, 6.45) is -2.92. The van der Waals surface area contributed by atoms with Crippen LogP contribution in [0.2, 0.25) is 0 Å². The van der Waals surface area contributed by atoms with Gasteiger partial charge in [-0.1, -0.05) is 6.92 Å². The Hall–Kier alpha value is -1.92. The molecule has 33 heavy (non-hydrogen) atoms. The second-order valence-corrected chi connectivity index (χ2v) is 10.6. The second-order valence-electron chi connectivity index (χ2n) is 8.89. The summed E-state index contributed by atoms with van der Waals surface area (Å²) < 4.78 is 81.8. The molecule has 1 saturated heterocycles. The zero-order valence-corrected chi connectivity index (χ0v) is 19.2. The molecule has 0 bridgehead atoms. The molecule has 0 radical (unpaired) electrons. The van der Waals surface area contributed by atoms with Crippen LogP contribution in [0.25, 0.3) is 0 Å². The number of nitrogens with zero attached hydrogens (tertiary/aromatic N) is 1. The zero-order chi connectivity index (χ0) is 24.4. The van der Waals surface area contributed by atoms with Crippen molar-refractivity contribution in [3.63, 3.8) is 0 Å². The lowest BCUT2D eigenvalue weighted by molar-refractivity contribution is -0.420. The highest BCUT2D eigenvalue weighted by Gasteiger charge is 2.38. The van der Waals surface area contributed by atoms with Crippen LogP contribution in [0, 0.1) is 11.8 Å². The maximum Gasteiger partial charge on any atom is 0.573 e. The van der Waals surface area contributed by atoms with Crippen molar-refractivity contribution in [3.05, 3.63) is 24.3 Å². The summed E-state index contributed by atoms with van der Waals surface area (Å²) in [5.74, 6) is -0.456. The van der Waals surface area contributed by atoms with Crippen LogP contribution >= 0.6 is 0 Å². The number of hydrogen-bond acceptors (Lipinski definition) is 4. The Bertz CT molecular complexity index is 918. The maximum absolute atomic E-state index is 13.4. The number of ether oxygens (including phenoxy) is 1. The van der Waals surface area contributed by atoms with E-state index >= 15 is 0 Å². The van der Waals surface area contributed by atoms with Gasteiger partial charge in [0.2, 0.25) is 10.0 Å². The van der Waals surface area contributed by atoms with E-state index in [0.29, 0.717) is 38.6 Å². The van der Waals surface area contributed by atoms with E-state index in [1.165, 1.54) is 4.90 Å². The fourth-order valence-corrected chi connectivity index (χ4v) is 5.88. The van der Waals surface area contributed by atoms with Crippen LogP contribution in [0.1, 0.15) is 39.0 Å². The molecule has 1 heterocycles. The van der Waals surface area contributed by atoms with Gasteiger partial charge in [-0.25, -0.2) is 17.5 Å². The van der Waals surface area contributed by atoms with Gasteiger partial charge >= 0.3 is 6.36 Å². The van der Waals surface area contributed by atoms with Crippen LogP contribution in [0.4, 0.5) is 17.6 Å². The number of sulfonamides is 1. The van der Waals surface area contributed by atoms with E-state index in [-0.39, 0.29) is 35.2 Å². The number of nitrogens with one attached hydrogen (secondary N) is 1.